The maximum absolute atomic E-state index is 10.6. The van der Waals surface area contributed by atoms with Gasteiger partial charge in [0.1, 0.15) is 22.4 Å². The molecule has 0 bridgehead atoms. The van der Waals surface area contributed by atoms with E-state index in [2.05, 4.69) is 20.3 Å². The van der Waals surface area contributed by atoms with Crippen LogP contribution in [-0.4, -0.2) is 59.1 Å². The van der Waals surface area contributed by atoms with Crippen LogP contribution in [0.15, 0.2) is 12.3 Å². The van der Waals surface area contributed by atoms with Gasteiger partial charge in [0.15, 0.2) is 0 Å². The van der Waals surface area contributed by atoms with E-state index in [1.807, 2.05) is 19.9 Å². The number of pyridine rings is 1. The number of anilines is 2. The van der Waals surface area contributed by atoms with Gasteiger partial charge >= 0.3 is 0 Å². The van der Waals surface area contributed by atoms with E-state index in [1.54, 1.807) is 20.0 Å². The van der Waals surface area contributed by atoms with Crippen LogP contribution in [-0.2, 0) is 0 Å². The Hall–Kier alpha value is -2.40. The Bertz CT molecular complexity index is 1100. The van der Waals surface area contributed by atoms with Gasteiger partial charge in [-0.15, -0.1) is 11.3 Å². The van der Waals surface area contributed by atoms with Gasteiger partial charge in [-0.3, -0.25) is 4.98 Å². The van der Waals surface area contributed by atoms with Gasteiger partial charge in [0.25, 0.3) is 0 Å². The van der Waals surface area contributed by atoms with Crippen molar-refractivity contribution in [2.24, 2.45) is 5.92 Å². The van der Waals surface area contributed by atoms with Gasteiger partial charge in [-0.2, -0.15) is 4.98 Å². The molecule has 9 nitrogen and oxygen atoms in total. The molecule has 3 aromatic heterocycles. The number of thiazole rings is 1. The Morgan fingerprint density at radius 3 is 2.50 bits per heavy atom. The second-order valence-electron chi connectivity index (χ2n) is 8.38. The SMILES string of the molecule is Cc1nc(N)nc(N[C@@H]2C[C@H](C(C)(C)O)[C@@H](O)[C@H]2O)c1-c1nc2c(C)nccc2s1. The number of nitrogens with two attached hydrogens (primary N) is 1. The van der Waals surface area contributed by atoms with E-state index in [4.69, 9.17) is 10.7 Å². The summed E-state index contributed by atoms with van der Waals surface area (Å²) < 4.78 is 0.998. The van der Waals surface area contributed by atoms with Crippen molar-refractivity contribution in [1.29, 1.82) is 0 Å². The van der Waals surface area contributed by atoms with Gasteiger partial charge in [-0.1, -0.05) is 0 Å². The van der Waals surface area contributed by atoms with Gasteiger partial charge in [0.2, 0.25) is 5.95 Å². The van der Waals surface area contributed by atoms with Crippen molar-refractivity contribution < 1.29 is 15.3 Å². The maximum Gasteiger partial charge on any atom is 0.222 e. The third kappa shape index (κ3) is 3.60. The number of aliphatic hydroxyl groups is 3. The summed E-state index contributed by atoms with van der Waals surface area (Å²) in [5, 5.41) is 35.3. The van der Waals surface area contributed by atoms with Crippen molar-refractivity contribution in [3.8, 4) is 10.6 Å². The molecule has 0 aromatic carbocycles. The summed E-state index contributed by atoms with van der Waals surface area (Å²) in [5.41, 5.74) is 7.77. The highest BCUT2D eigenvalue weighted by Crippen LogP contribution is 2.40. The molecule has 4 atom stereocenters. The van der Waals surface area contributed by atoms with Gasteiger partial charge in [0, 0.05) is 12.1 Å². The molecule has 3 aromatic rings. The molecule has 3 heterocycles. The highest BCUT2D eigenvalue weighted by molar-refractivity contribution is 7.21. The number of aromatic nitrogens is 4. The van der Waals surface area contributed by atoms with Crippen LogP contribution >= 0.6 is 11.3 Å². The zero-order chi connectivity index (χ0) is 21.8. The van der Waals surface area contributed by atoms with Crippen LogP contribution in [0.5, 0.6) is 0 Å². The average molecular weight is 431 g/mol. The number of nitrogens with one attached hydrogen (secondary N) is 1. The van der Waals surface area contributed by atoms with E-state index in [0.717, 1.165) is 15.9 Å². The summed E-state index contributed by atoms with van der Waals surface area (Å²) >= 11 is 1.50. The maximum atomic E-state index is 10.6. The molecular formula is C20H26N6O3S. The number of rotatable bonds is 4. The zero-order valence-corrected chi connectivity index (χ0v) is 18.1. The van der Waals surface area contributed by atoms with Crippen molar-refractivity contribution in [1.82, 2.24) is 19.9 Å². The summed E-state index contributed by atoms with van der Waals surface area (Å²) in [7, 11) is 0. The Labute approximate surface area is 178 Å². The van der Waals surface area contributed by atoms with Crippen LogP contribution < -0.4 is 11.1 Å². The minimum atomic E-state index is -1.13. The quantitative estimate of drug-likeness (QED) is 0.416. The van der Waals surface area contributed by atoms with Crippen LogP contribution in [0.4, 0.5) is 11.8 Å². The van der Waals surface area contributed by atoms with Crippen molar-refractivity contribution in [2.75, 3.05) is 11.1 Å². The fourth-order valence-electron chi connectivity index (χ4n) is 4.10. The van der Waals surface area contributed by atoms with Gasteiger partial charge in [0.05, 0.1) is 39.4 Å². The number of aryl methyl sites for hydroxylation is 2. The second-order valence-corrected chi connectivity index (χ2v) is 9.41. The summed E-state index contributed by atoms with van der Waals surface area (Å²) in [4.78, 5) is 17.7. The Morgan fingerprint density at radius 1 is 1.13 bits per heavy atom. The fraction of sp³-hybridized carbons (Fsp3) is 0.500. The van der Waals surface area contributed by atoms with Crippen molar-refractivity contribution in [2.45, 2.75) is 58.0 Å². The molecule has 4 rings (SSSR count). The van der Waals surface area contributed by atoms with Crippen molar-refractivity contribution >= 4 is 33.3 Å². The molecule has 1 saturated carbocycles. The lowest BCUT2D eigenvalue weighted by molar-refractivity contribution is -0.0601. The first-order valence-electron chi connectivity index (χ1n) is 9.78. The van der Waals surface area contributed by atoms with Crippen molar-refractivity contribution in [3.63, 3.8) is 0 Å². The third-order valence-electron chi connectivity index (χ3n) is 5.72. The van der Waals surface area contributed by atoms with Crippen LogP contribution in [0.3, 0.4) is 0 Å². The van der Waals surface area contributed by atoms with Crippen LogP contribution in [0, 0.1) is 19.8 Å². The minimum absolute atomic E-state index is 0.102. The Balaban J connectivity index is 1.75. The number of aliphatic hydroxyl groups excluding tert-OH is 2. The standard InChI is InChI=1S/C20H26N6O3S/c1-8-13(18-25-14-9(2)22-6-5-12(14)30-18)17(26-19(21)23-8)24-11-7-10(20(3,4)29)15(27)16(11)28/h5-6,10-11,15-16,27-29H,7H2,1-4H3,(H3,21,23,24,26)/t10-,11+,15+,16-/m0/s1. The molecule has 1 aliphatic rings. The normalized spacial score (nSPS) is 24.5. The molecule has 0 spiro atoms. The molecule has 0 unspecified atom stereocenters. The van der Waals surface area contributed by atoms with E-state index in [-0.39, 0.29) is 5.95 Å². The monoisotopic (exact) mass is 430 g/mol. The number of hydrogen-bond donors (Lipinski definition) is 5. The molecule has 0 radical (unpaired) electrons. The molecule has 10 heteroatoms. The highest BCUT2D eigenvalue weighted by Gasteiger charge is 2.47. The molecule has 0 amide bonds. The second kappa shape index (κ2) is 7.38. The Kier molecular flexibility index (Phi) is 5.13. The molecule has 30 heavy (non-hydrogen) atoms. The summed E-state index contributed by atoms with van der Waals surface area (Å²) in [5.74, 6) is 0.0620. The van der Waals surface area contributed by atoms with E-state index in [1.165, 1.54) is 11.3 Å². The largest absolute Gasteiger partial charge is 0.390 e. The van der Waals surface area contributed by atoms with E-state index >= 15 is 0 Å². The van der Waals surface area contributed by atoms with E-state index < -0.39 is 29.8 Å². The van der Waals surface area contributed by atoms with Crippen LogP contribution in [0.25, 0.3) is 20.8 Å². The van der Waals surface area contributed by atoms with Gasteiger partial charge in [-0.25, -0.2) is 9.97 Å². The van der Waals surface area contributed by atoms with Gasteiger partial charge in [-0.05, 0) is 40.2 Å². The van der Waals surface area contributed by atoms with E-state index in [9.17, 15) is 15.3 Å². The predicted molar refractivity (Wildman–Crippen MR) is 116 cm³/mol. The molecule has 6 N–H and O–H groups in total. The first-order chi connectivity index (χ1) is 14.1. The molecule has 160 valence electrons. The topological polar surface area (TPSA) is 150 Å². The molecule has 0 aliphatic heterocycles. The van der Waals surface area contributed by atoms with E-state index in [0.29, 0.717) is 28.5 Å². The number of nitrogens with zero attached hydrogens (tertiary/aromatic N) is 4. The lowest BCUT2D eigenvalue weighted by Crippen LogP contribution is -2.40. The fourth-order valence-corrected chi connectivity index (χ4v) is 5.21. The lowest BCUT2D eigenvalue weighted by atomic mass is 9.88. The molecular weight excluding hydrogens is 404 g/mol. The predicted octanol–water partition coefficient (Wildman–Crippen LogP) is 1.64. The number of fused-ring (bicyclic) bond motifs is 1. The summed E-state index contributed by atoms with van der Waals surface area (Å²) in [6.07, 6.45) is 0.00457. The zero-order valence-electron chi connectivity index (χ0n) is 17.3. The summed E-state index contributed by atoms with van der Waals surface area (Å²) in [6, 6.07) is 1.40. The molecule has 1 fully saturated rings. The highest BCUT2D eigenvalue weighted by atomic mass is 32.1. The van der Waals surface area contributed by atoms with Crippen LogP contribution in [0.2, 0.25) is 0 Å². The average Bonchev–Trinajstić information content (AvgIpc) is 3.18. The Morgan fingerprint density at radius 2 is 1.87 bits per heavy atom. The third-order valence-corrected chi connectivity index (χ3v) is 6.76. The number of nitrogen functional groups attached to an aromatic ring is 1. The smallest absolute Gasteiger partial charge is 0.222 e. The van der Waals surface area contributed by atoms with Crippen LogP contribution in [0.1, 0.15) is 31.7 Å². The minimum Gasteiger partial charge on any atom is -0.390 e. The van der Waals surface area contributed by atoms with Gasteiger partial charge < -0.3 is 26.4 Å². The van der Waals surface area contributed by atoms with Crippen molar-refractivity contribution in [3.05, 3.63) is 23.7 Å². The molecule has 0 saturated heterocycles. The lowest BCUT2D eigenvalue weighted by Gasteiger charge is -2.28. The molecule has 1 aliphatic carbocycles. The first-order valence-corrected chi connectivity index (χ1v) is 10.6. The summed E-state index contributed by atoms with van der Waals surface area (Å²) in [6.45, 7) is 7.00. The number of hydrogen-bond acceptors (Lipinski definition) is 10. The first kappa shape index (κ1) is 20.9.